The molecule has 0 radical (unpaired) electrons. The normalized spacial score (nSPS) is 11.1. The Kier molecular flexibility index (Phi) is 7.60. The monoisotopic (exact) mass is 423 g/mol. The summed E-state index contributed by atoms with van der Waals surface area (Å²) in [6, 6.07) is 11.9. The van der Waals surface area contributed by atoms with Gasteiger partial charge in [0.05, 0.1) is 22.0 Å². The zero-order chi connectivity index (χ0) is 20.7. The lowest BCUT2D eigenvalue weighted by atomic mass is 10.1. The van der Waals surface area contributed by atoms with E-state index in [1.807, 2.05) is 31.2 Å². The fraction of sp³-hybridized carbons (Fsp3) is 0.300. The van der Waals surface area contributed by atoms with E-state index in [1.54, 1.807) is 0 Å². The Morgan fingerprint density at radius 1 is 1.11 bits per heavy atom. The number of rotatable bonds is 8. The molecule has 0 heterocycles. The zero-order valence-electron chi connectivity index (χ0n) is 15.7. The fourth-order valence-electron chi connectivity index (χ4n) is 2.43. The highest BCUT2D eigenvalue weighted by molar-refractivity contribution is 7.90. The van der Waals surface area contributed by atoms with Crippen LogP contribution in [-0.4, -0.2) is 39.7 Å². The van der Waals surface area contributed by atoms with E-state index in [1.165, 1.54) is 23.8 Å². The molecular formula is C20H22ClNO5S. The first-order valence-electron chi connectivity index (χ1n) is 8.66. The minimum absolute atomic E-state index is 0.0219. The van der Waals surface area contributed by atoms with Crippen LogP contribution in [0.5, 0.6) is 0 Å². The number of aryl methyl sites for hydroxylation is 2. The molecule has 1 N–H and O–H groups in total. The minimum Gasteiger partial charge on any atom is -0.460 e. The molecule has 0 spiro atoms. The zero-order valence-corrected chi connectivity index (χ0v) is 17.3. The van der Waals surface area contributed by atoms with E-state index >= 15 is 0 Å². The van der Waals surface area contributed by atoms with Crippen LogP contribution in [0.25, 0.3) is 0 Å². The van der Waals surface area contributed by atoms with Gasteiger partial charge in [-0.15, -0.1) is 0 Å². The van der Waals surface area contributed by atoms with Crippen molar-refractivity contribution in [1.82, 2.24) is 5.32 Å². The number of nitrogens with one attached hydrogen (secondary N) is 1. The molecule has 0 atom stereocenters. The van der Waals surface area contributed by atoms with Gasteiger partial charge in [0, 0.05) is 12.7 Å². The predicted molar refractivity (Wildman–Crippen MR) is 107 cm³/mol. The average Bonchev–Trinajstić information content (AvgIpc) is 2.64. The van der Waals surface area contributed by atoms with E-state index in [0.717, 1.165) is 11.8 Å². The molecule has 2 aromatic rings. The van der Waals surface area contributed by atoms with Gasteiger partial charge < -0.3 is 10.1 Å². The fourth-order valence-corrected chi connectivity index (χ4v) is 3.73. The lowest BCUT2D eigenvalue weighted by Gasteiger charge is -2.08. The first-order chi connectivity index (χ1) is 13.2. The maximum absolute atomic E-state index is 12.0. The van der Waals surface area contributed by atoms with Crippen LogP contribution in [0.15, 0.2) is 47.4 Å². The number of esters is 1. The summed E-state index contributed by atoms with van der Waals surface area (Å²) in [5, 5.41) is 2.72. The quantitative estimate of drug-likeness (QED) is 0.520. The third-order valence-electron chi connectivity index (χ3n) is 3.99. The lowest BCUT2D eigenvalue weighted by Crippen LogP contribution is -2.28. The number of sulfone groups is 1. The molecule has 8 heteroatoms. The van der Waals surface area contributed by atoms with Crippen LogP contribution < -0.4 is 5.32 Å². The molecular weight excluding hydrogens is 402 g/mol. The molecule has 150 valence electrons. The summed E-state index contributed by atoms with van der Waals surface area (Å²) >= 11 is 5.85. The predicted octanol–water partition coefficient (Wildman–Crippen LogP) is 2.96. The van der Waals surface area contributed by atoms with E-state index in [4.69, 9.17) is 16.3 Å². The van der Waals surface area contributed by atoms with Crippen molar-refractivity contribution >= 4 is 33.3 Å². The molecule has 0 saturated carbocycles. The number of ether oxygens (including phenoxy) is 1. The Bertz CT molecular complexity index is 955. The van der Waals surface area contributed by atoms with Crippen LogP contribution in [0, 0.1) is 6.92 Å². The topological polar surface area (TPSA) is 89.5 Å². The van der Waals surface area contributed by atoms with Crippen LogP contribution in [0.3, 0.4) is 0 Å². The summed E-state index contributed by atoms with van der Waals surface area (Å²) in [4.78, 5) is 23.8. The van der Waals surface area contributed by atoms with Crippen LogP contribution in [0.4, 0.5) is 0 Å². The minimum atomic E-state index is -3.55. The molecule has 28 heavy (non-hydrogen) atoms. The van der Waals surface area contributed by atoms with Crippen LogP contribution in [-0.2, 0) is 25.8 Å². The van der Waals surface area contributed by atoms with E-state index in [-0.39, 0.29) is 34.5 Å². The number of carbonyl (C=O) groups is 2. The molecule has 0 aliphatic heterocycles. The molecule has 6 nitrogen and oxygen atoms in total. The summed E-state index contributed by atoms with van der Waals surface area (Å²) in [7, 11) is -3.55. The molecule has 1 amide bonds. The Morgan fingerprint density at radius 3 is 2.43 bits per heavy atom. The average molecular weight is 424 g/mol. The third-order valence-corrected chi connectivity index (χ3v) is 5.56. The molecule has 0 unspecified atom stereocenters. The summed E-state index contributed by atoms with van der Waals surface area (Å²) in [5.74, 6) is -0.821. The van der Waals surface area contributed by atoms with Crippen molar-refractivity contribution in [1.29, 1.82) is 0 Å². The van der Waals surface area contributed by atoms with Crippen LogP contribution in [0.2, 0.25) is 5.02 Å². The second kappa shape index (κ2) is 9.71. The third kappa shape index (κ3) is 6.65. The standard InChI is InChI=1S/C20H22ClNO5S/c1-14-3-5-15(6-4-14)7-10-19(23)22-11-12-27-20(24)16-8-9-17(21)18(13-16)28(2,25)26/h3-6,8-9,13H,7,10-12H2,1-2H3,(H,22,23). The van der Waals surface area contributed by atoms with E-state index in [2.05, 4.69) is 5.32 Å². The molecule has 0 aromatic heterocycles. The van der Waals surface area contributed by atoms with Gasteiger partial charge in [-0.25, -0.2) is 13.2 Å². The van der Waals surface area contributed by atoms with E-state index < -0.39 is 15.8 Å². The lowest BCUT2D eigenvalue weighted by molar-refractivity contribution is -0.121. The first-order valence-corrected chi connectivity index (χ1v) is 10.9. The summed E-state index contributed by atoms with van der Waals surface area (Å²) in [6.45, 7) is 2.15. The van der Waals surface area contributed by atoms with Gasteiger partial charge in [0.2, 0.25) is 5.91 Å². The number of amides is 1. The van der Waals surface area contributed by atoms with Crippen molar-refractivity contribution in [3.63, 3.8) is 0 Å². The molecule has 2 rings (SSSR count). The van der Waals surface area contributed by atoms with Gasteiger partial charge in [-0.05, 0) is 37.1 Å². The highest BCUT2D eigenvalue weighted by Gasteiger charge is 2.16. The summed E-state index contributed by atoms with van der Waals surface area (Å²) < 4.78 is 28.4. The van der Waals surface area contributed by atoms with Gasteiger partial charge in [-0.2, -0.15) is 0 Å². The number of hydrogen-bond acceptors (Lipinski definition) is 5. The van der Waals surface area contributed by atoms with Gasteiger partial charge in [-0.3, -0.25) is 4.79 Å². The van der Waals surface area contributed by atoms with Crippen molar-refractivity contribution in [3.8, 4) is 0 Å². The molecule has 0 saturated heterocycles. The second-order valence-corrected chi connectivity index (χ2v) is 8.78. The molecule has 0 bridgehead atoms. The Balaban J connectivity index is 1.76. The Hall–Kier alpha value is -2.38. The van der Waals surface area contributed by atoms with Gasteiger partial charge in [0.1, 0.15) is 6.61 Å². The maximum atomic E-state index is 12.0. The molecule has 0 aliphatic carbocycles. The molecule has 2 aromatic carbocycles. The summed E-state index contributed by atoms with van der Waals surface area (Å²) in [5.41, 5.74) is 2.33. The van der Waals surface area contributed by atoms with Gasteiger partial charge in [0.25, 0.3) is 0 Å². The van der Waals surface area contributed by atoms with Crippen molar-refractivity contribution in [2.45, 2.75) is 24.7 Å². The molecule has 0 fully saturated rings. The number of benzene rings is 2. The smallest absolute Gasteiger partial charge is 0.338 e. The van der Waals surface area contributed by atoms with Gasteiger partial charge in [-0.1, -0.05) is 41.4 Å². The Labute approximate surface area is 169 Å². The first kappa shape index (κ1) is 21.9. The van der Waals surface area contributed by atoms with Crippen LogP contribution in [0.1, 0.15) is 27.9 Å². The van der Waals surface area contributed by atoms with E-state index in [9.17, 15) is 18.0 Å². The number of halogens is 1. The van der Waals surface area contributed by atoms with Gasteiger partial charge >= 0.3 is 5.97 Å². The molecule has 0 aliphatic rings. The highest BCUT2D eigenvalue weighted by Crippen LogP contribution is 2.22. The SMILES string of the molecule is Cc1ccc(CCC(=O)NCCOC(=O)c2ccc(Cl)c(S(C)(=O)=O)c2)cc1. The van der Waals surface area contributed by atoms with E-state index in [0.29, 0.717) is 12.8 Å². The van der Waals surface area contributed by atoms with Crippen LogP contribution >= 0.6 is 11.6 Å². The number of carbonyl (C=O) groups excluding carboxylic acids is 2. The second-order valence-electron chi connectivity index (χ2n) is 6.39. The number of hydrogen-bond donors (Lipinski definition) is 1. The van der Waals surface area contributed by atoms with Crippen molar-refractivity contribution in [2.24, 2.45) is 0 Å². The van der Waals surface area contributed by atoms with Crippen molar-refractivity contribution < 1.29 is 22.7 Å². The van der Waals surface area contributed by atoms with Crippen molar-refractivity contribution in [2.75, 3.05) is 19.4 Å². The van der Waals surface area contributed by atoms with Crippen molar-refractivity contribution in [3.05, 3.63) is 64.2 Å². The largest absolute Gasteiger partial charge is 0.460 e. The Morgan fingerprint density at radius 2 is 1.79 bits per heavy atom. The summed E-state index contributed by atoms with van der Waals surface area (Å²) in [6.07, 6.45) is 1.98. The highest BCUT2D eigenvalue weighted by atomic mass is 35.5. The van der Waals surface area contributed by atoms with Gasteiger partial charge in [0.15, 0.2) is 9.84 Å². The maximum Gasteiger partial charge on any atom is 0.338 e.